The SMILES string of the molecule is Cc1cc(-c2ccc(C#CC(C)(C)O)nc2C(Cc2cc(F)cc(F)c2)NC(=O)CNC2=C(C(=N)C(F)(F)F)[C@@H](N)CC2(F)F)ccc1C1(NC=O)CC1. The summed E-state index contributed by atoms with van der Waals surface area (Å²) >= 11 is 0. The van der Waals surface area contributed by atoms with Gasteiger partial charge in [0.1, 0.15) is 28.6 Å². The minimum Gasteiger partial charge on any atom is -0.378 e. The highest BCUT2D eigenvalue weighted by Gasteiger charge is 2.52. The van der Waals surface area contributed by atoms with Crippen LogP contribution in [0.25, 0.3) is 11.1 Å². The molecule has 0 radical (unpaired) electrons. The summed E-state index contributed by atoms with van der Waals surface area (Å²) in [5.74, 6) is -1.41. The first-order chi connectivity index (χ1) is 25.1. The van der Waals surface area contributed by atoms with Gasteiger partial charge in [-0.15, -0.1) is 0 Å². The van der Waals surface area contributed by atoms with E-state index in [0.29, 0.717) is 23.6 Å². The average molecular weight is 759 g/mol. The first-order valence-corrected chi connectivity index (χ1v) is 16.7. The van der Waals surface area contributed by atoms with Crippen LogP contribution in [0.2, 0.25) is 0 Å². The minimum atomic E-state index is -5.30. The number of aliphatic hydroxyl groups is 1. The maximum absolute atomic E-state index is 14.9. The molecule has 0 aliphatic heterocycles. The Kier molecular flexibility index (Phi) is 11.0. The van der Waals surface area contributed by atoms with Gasteiger partial charge in [0.25, 0.3) is 5.92 Å². The fraction of sp³-hybridized carbons (Fsp3) is 0.368. The van der Waals surface area contributed by atoms with Gasteiger partial charge in [-0.1, -0.05) is 24.1 Å². The summed E-state index contributed by atoms with van der Waals surface area (Å²) in [5.41, 5.74) is 2.04. The van der Waals surface area contributed by atoms with Gasteiger partial charge >= 0.3 is 6.18 Å². The van der Waals surface area contributed by atoms with E-state index in [4.69, 9.17) is 11.1 Å². The van der Waals surface area contributed by atoms with Crippen molar-refractivity contribution in [3.63, 3.8) is 0 Å². The number of allylic oxidation sites excluding steroid dienone is 1. The molecule has 16 heteroatoms. The third-order valence-electron chi connectivity index (χ3n) is 9.05. The third-order valence-corrected chi connectivity index (χ3v) is 9.05. The lowest BCUT2D eigenvalue weighted by Crippen LogP contribution is -2.40. The number of nitrogens with zero attached hydrogens (tertiary/aromatic N) is 1. The topological polar surface area (TPSA) is 153 Å². The molecule has 2 aliphatic rings. The quantitative estimate of drug-likeness (QED) is 0.0632. The fourth-order valence-electron chi connectivity index (χ4n) is 6.51. The van der Waals surface area contributed by atoms with E-state index >= 15 is 0 Å². The summed E-state index contributed by atoms with van der Waals surface area (Å²) < 4.78 is 98.8. The predicted molar refractivity (Wildman–Crippen MR) is 185 cm³/mol. The number of rotatable bonds is 12. The van der Waals surface area contributed by atoms with Crippen molar-refractivity contribution in [2.45, 2.75) is 81.8 Å². The van der Waals surface area contributed by atoms with Crippen molar-refractivity contribution in [3.05, 3.63) is 99.5 Å². The normalized spacial score (nSPS) is 18.0. The molecule has 9 nitrogen and oxygen atoms in total. The lowest BCUT2D eigenvalue weighted by molar-refractivity contribution is -0.121. The lowest BCUT2D eigenvalue weighted by Gasteiger charge is -2.24. The van der Waals surface area contributed by atoms with Gasteiger partial charge in [0.15, 0.2) is 0 Å². The molecule has 1 heterocycles. The monoisotopic (exact) mass is 758 g/mol. The molecule has 1 unspecified atom stereocenters. The Bertz CT molecular complexity index is 2060. The van der Waals surface area contributed by atoms with E-state index < -0.39 is 82.8 Å². The van der Waals surface area contributed by atoms with E-state index in [0.717, 1.165) is 36.1 Å². The molecule has 2 amide bonds. The standard InChI is InChI=1S/C38H37F7N6O3/c1-20-12-22(4-7-27(20)36(10-11-36)49-19-52)26-6-5-25(8-9-35(2,3)54)50-32(26)29(15-21-13-23(39)16-24(40)14-21)51-30(53)18-48-34-31(33(47)38(43,44)45)28(46)17-37(34,41)42/h4-7,12-14,16,19,28-29,47-48,54H,10-11,15,17-18,46H2,1-3H3,(H,49,52)(H,51,53)/t28-,29?/m0/s1. The summed E-state index contributed by atoms with van der Waals surface area (Å²) in [4.78, 5) is 29.5. The van der Waals surface area contributed by atoms with Crippen molar-refractivity contribution in [1.82, 2.24) is 20.9 Å². The van der Waals surface area contributed by atoms with E-state index in [1.54, 1.807) is 18.2 Å². The van der Waals surface area contributed by atoms with Gasteiger partial charge in [-0.2, -0.15) is 22.0 Å². The number of pyridine rings is 1. The number of aromatic nitrogens is 1. The van der Waals surface area contributed by atoms with E-state index in [-0.39, 0.29) is 23.4 Å². The van der Waals surface area contributed by atoms with E-state index in [1.807, 2.05) is 19.1 Å². The number of nitrogens with two attached hydrogens (primary N) is 1. The molecule has 2 aliphatic carbocycles. The van der Waals surface area contributed by atoms with Gasteiger partial charge in [0.05, 0.1) is 29.5 Å². The van der Waals surface area contributed by atoms with Crippen molar-refractivity contribution in [1.29, 1.82) is 5.41 Å². The van der Waals surface area contributed by atoms with E-state index in [9.17, 15) is 45.4 Å². The molecule has 0 bridgehead atoms. The van der Waals surface area contributed by atoms with Crippen LogP contribution in [0.3, 0.4) is 0 Å². The Hall–Kier alpha value is -5.27. The predicted octanol–water partition coefficient (Wildman–Crippen LogP) is 5.38. The molecule has 286 valence electrons. The molecule has 1 aromatic heterocycles. The average Bonchev–Trinajstić information content (AvgIpc) is 3.78. The third kappa shape index (κ3) is 9.08. The summed E-state index contributed by atoms with van der Waals surface area (Å²) in [5, 5.41) is 25.2. The Morgan fingerprint density at radius 3 is 2.35 bits per heavy atom. The Balaban J connectivity index is 1.58. The second-order valence-electron chi connectivity index (χ2n) is 13.9. The van der Waals surface area contributed by atoms with Crippen LogP contribution in [0.15, 0.2) is 59.8 Å². The fourth-order valence-corrected chi connectivity index (χ4v) is 6.51. The van der Waals surface area contributed by atoms with Crippen LogP contribution in [0.1, 0.15) is 67.2 Å². The van der Waals surface area contributed by atoms with Crippen LogP contribution in [0.4, 0.5) is 30.7 Å². The van der Waals surface area contributed by atoms with Crippen molar-refractivity contribution in [2.24, 2.45) is 5.73 Å². The number of hydrogen-bond donors (Lipinski definition) is 6. The van der Waals surface area contributed by atoms with Crippen LogP contribution < -0.4 is 21.7 Å². The second kappa shape index (κ2) is 14.9. The number of nitrogens with one attached hydrogen (secondary N) is 4. The smallest absolute Gasteiger partial charge is 0.378 e. The first-order valence-electron chi connectivity index (χ1n) is 16.7. The highest BCUT2D eigenvalue weighted by Crippen LogP contribution is 2.47. The molecule has 1 saturated carbocycles. The number of alkyl halides is 5. The van der Waals surface area contributed by atoms with Crippen LogP contribution in [-0.2, 0) is 21.5 Å². The number of halogens is 7. The lowest BCUT2D eigenvalue weighted by atomic mass is 9.91. The first kappa shape index (κ1) is 39.9. The molecule has 1 fully saturated rings. The zero-order chi connectivity index (χ0) is 39.8. The molecular formula is C38H37F7N6O3. The van der Waals surface area contributed by atoms with Crippen molar-refractivity contribution in [2.75, 3.05) is 6.54 Å². The molecule has 5 rings (SSSR count). The van der Waals surface area contributed by atoms with Crippen LogP contribution >= 0.6 is 0 Å². The molecule has 0 spiro atoms. The van der Waals surface area contributed by atoms with Gasteiger partial charge in [-0.3, -0.25) is 15.0 Å². The number of amides is 2. The van der Waals surface area contributed by atoms with Gasteiger partial charge in [0, 0.05) is 29.7 Å². The second-order valence-corrected chi connectivity index (χ2v) is 13.9. The number of carbonyl (C=O) groups is 2. The Morgan fingerprint density at radius 2 is 1.78 bits per heavy atom. The van der Waals surface area contributed by atoms with Gasteiger partial charge in [-0.25, -0.2) is 13.8 Å². The Labute approximate surface area is 306 Å². The maximum atomic E-state index is 14.9. The van der Waals surface area contributed by atoms with Crippen molar-refractivity contribution >= 4 is 18.0 Å². The highest BCUT2D eigenvalue weighted by molar-refractivity contribution is 6.04. The van der Waals surface area contributed by atoms with Gasteiger partial charge < -0.3 is 26.8 Å². The number of aryl methyl sites for hydroxylation is 1. The number of carbonyl (C=O) groups excluding carboxylic acids is 2. The summed E-state index contributed by atoms with van der Waals surface area (Å²) in [6.07, 6.45) is -4.74. The molecule has 2 atom stereocenters. The summed E-state index contributed by atoms with van der Waals surface area (Å²) in [6.45, 7) is 3.72. The largest absolute Gasteiger partial charge is 0.433 e. The van der Waals surface area contributed by atoms with Gasteiger partial charge in [-0.05, 0) is 92.5 Å². The van der Waals surface area contributed by atoms with Gasteiger partial charge in [0.2, 0.25) is 12.3 Å². The molecule has 2 aromatic carbocycles. The molecular weight excluding hydrogens is 721 g/mol. The Morgan fingerprint density at radius 1 is 1.11 bits per heavy atom. The van der Waals surface area contributed by atoms with Crippen molar-refractivity contribution < 1.29 is 45.4 Å². The van der Waals surface area contributed by atoms with Crippen LogP contribution in [-0.4, -0.2) is 58.4 Å². The summed E-state index contributed by atoms with van der Waals surface area (Å²) in [6, 6.07) is 8.18. The number of hydrogen-bond acceptors (Lipinski definition) is 7. The zero-order valence-electron chi connectivity index (χ0n) is 29.3. The maximum Gasteiger partial charge on any atom is 0.433 e. The minimum absolute atomic E-state index is 0.0607. The van der Waals surface area contributed by atoms with Crippen LogP contribution in [0.5, 0.6) is 0 Å². The molecule has 3 aromatic rings. The van der Waals surface area contributed by atoms with E-state index in [1.165, 1.54) is 13.8 Å². The molecule has 54 heavy (non-hydrogen) atoms. The summed E-state index contributed by atoms with van der Waals surface area (Å²) in [7, 11) is 0. The highest BCUT2D eigenvalue weighted by atomic mass is 19.4. The van der Waals surface area contributed by atoms with Crippen LogP contribution in [0, 0.1) is 35.8 Å². The van der Waals surface area contributed by atoms with Crippen molar-refractivity contribution in [3.8, 4) is 23.0 Å². The number of benzene rings is 2. The molecule has 0 saturated heterocycles. The zero-order valence-corrected chi connectivity index (χ0v) is 29.3. The molecule has 7 N–H and O–H groups in total. The van der Waals surface area contributed by atoms with E-state index in [2.05, 4.69) is 32.8 Å².